The first kappa shape index (κ1) is 80.3. The largest absolute Gasteiger partial charge is 0.466 e. The predicted octanol–water partition coefficient (Wildman–Crippen LogP) is 24.5. The van der Waals surface area contributed by atoms with Gasteiger partial charge >= 0.3 is 5.97 Å². The Labute approximate surface area is 513 Å². The van der Waals surface area contributed by atoms with Crippen molar-refractivity contribution < 1.29 is 24.5 Å². The molecule has 6 nitrogen and oxygen atoms in total. The van der Waals surface area contributed by atoms with Gasteiger partial charge in [0.2, 0.25) is 5.91 Å². The molecule has 0 aromatic rings. The molecule has 0 spiro atoms. The van der Waals surface area contributed by atoms with Crippen LogP contribution < -0.4 is 5.32 Å². The van der Waals surface area contributed by atoms with E-state index < -0.39 is 12.1 Å². The first-order valence-corrected chi connectivity index (χ1v) is 37.6. The molecule has 82 heavy (non-hydrogen) atoms. The molecule has 1 amide bonds. The molecular formula is C76H147NO5. The Bertz CT molecular complexity index is 1280. The number of aliphatic hydroxyl groups is 2. The van der Waals surface area contributed by atoms with Crippen molar-refractivity contribution in [3.05, 3.63) is 24.3 Å². The number of carbonyl (C=O) groups excluding carboxylic acids is 2. The fourth-order valence-electron chi connectivity index (χ4n) is 12.0. The summed E-state index contributed by atoms with van der Waals surface area (Å²) in [5.74, 6) is -0.0173. The van der Waals surface area contributed by atoms with Crippen molar-refractivity contribution in [3.63, 3.8) is 0 Å². The fraction of sp³-hybridized carbons (Fsp3) is 0.921. The highest BCUT2D eigenvalue weighted by Crippen LogP contribution is 2.20. The van der Waals surface area contributed by atoms with Gasteiger partial charge < -0.3 is 20.3 Å². The third kappa shape index (κ3) is 67.5. The van der Waals surface area contributed by atoms with Crippen molar-refractivity contribution in [2.24, 2.45) is 0 Å². The first-order chi connectivity index (χ1) is 40.5. The predicted molar refractivity (Wildman–Crippen MR) is 361 cm³/mol. The van der Waals surface area contributed by atoms with Crippen LogP contribution in [0.5, 0.6) is 0 Å². The molecule has 0 saturated heterocycles. The van der Waals surface area contributed by atoms with E-state index in [-0.39, 0.29) is 18.5 Å². The average Bonchev–Trinajstić information content (AvgIpc) is 3.48. The second-order valence-electron chi connectivity index (χ2n) is 26.0. The second kappa shape index (κ2) is 71.8. The van der Waals surface area contributed by atoms with E-state index in [0.717, 1.165) is 51.4 Å². The van der Waals surface area contributed by atoms with Gasteiger partial charge in [0.05, 0.1) is 25.4 Å². The average molecular weight is 1160 g/mol. The molecule has 0 heterocycles. The van der Waals surface area contributed by atoms with E-state index in [0.29, 0.717) is 25.9 Å². The van der Waals surface area contributed by atoms with E-state index in [9.17, 15) is 19.8 Å². The van der Waals surface area contributed by atoms with Gasteiger partial charge in [0.1, 0.15) is 0 Å². The topological polar surface area (TPSA) is 95.9 Å². The lowest BCUT2D eigenvalue weighted by Crippen LogP contribution is -2.45. The highest BCUT2D eigenvalue weighted by molar-refractivity contribution is 5.76. The summed E-state index contributed by atoms with van der Waals surface area (Å²) in [6.45, 7) is 4.92. The van der Waals surface area contributed by atoms with Gasteiger partial charge in [-0.25, -0.2) is 0 Å². The zero-order valence-electron chi connectivity index (χ0n) is 55.8. The number of hydrogen-bond donors (Lipinski definition) is 3. The van der Waals surface area contributed by atoms with E-state index in [1.807, 2.05) is 0 Å². The van der Waals surface area contributed by atoms with Gasteiger partial charge in [0.15, 0.2) is 0 Å². The molecule has 2 unspecified atom stereocenters. The van der Waals surface area contributed by atoms with Crippen molar-refractivity contribution in [2.45, 2.75) is 437 Å². The quantitative estimate of drug-likeness (QED) is 0.0320. The monoisotopic (exact) mass is 1150 g/mol. The Morgan fingerprint density at radius 1 is 0.341 bits per heavy atom. The number of allylic oxidation sites excluding steroid dienone is 4. The Balaban J connectivity index is 3.27. The second-order valence-corrected chi connectivity index (χ2v) is 26.0. The molecule has 0 rings (SSSR count). The first-order valence-electron chi connectivity index (χ1n) is 37.6. The molecule has 0 saturated carbocycles. The SMILES string of the molecule is CCC/C=C\C/C=C\CCCCCCCC(=O)OCCCCCCCCCCCCCCCCCCCCCCCCCCCCCCCCCCCCCCCCCC(=O)NC(CO)C(O)CCCCCCCCCCCCCCC. The number of aliphatic hydroxyl groups excluding tert-OH is 2. The molecule has 2 atom stereocenters. The minimum Gasteiger partial charge on any atom is -0.466 e. The molecule has 0 radical (unpaired) electrons. The number of ether oxygens (including phenoxy) is 1. The minimum absolute atomic E-state index is 0.00911. The van der Waals surface area contributed by atoms with Gasteiger partial charge in [0.25, 0.3) is 0 Å². The third-order valence-electron chi connectivity index (χ3n) is 17.7. The van der Waals surface area contributed by atoms with Crippen LogP contribution in [0.4, 0.5) is 0 Å². The third-order valence-corrected chi connectivity index (χ3v) is 17.7. The highest BCUT2D eigenvalue weighted by atomic mass is 16.5. The molecule has 6 heteroatoms. The van der Waals surface area contributed by atoms with Crippen molar-refractivity contribution in [1.82, 2.24) is 5.32 Å². The number of hydrogen-bond acceptors (Lipinski definition) is 5. The van der Waals surface area contributed by atoms with E-state index in [4.69, 9.17) is 4.74 Å². The van der Waals surface area contributed by atoms with Crippen LogP contribution in [0.1, 0.15) is 425 Å². The Morgan fingerprint density at radius 3 is 0.976 bits per heavy atom. The fourth-order valence-corrected chi connectivity index (χ4v) is 12.0. The minimum atomic E-state index is -0.658. The normalized spacial score (nSPS) is 12.6. The highest BCUT2D eigenvalue weighted by Gasteiger charge is 2.20. The van der Waals surface area contributed by atoms with Crippen LogP contribution in [-0.4, -0.2) is 47.4 Å². The lowest BCUT2D eigenvalue weighted by Gasteiger charge is -2.22. The van der Waals surface area contributed by atoms with Crippen molar-refractivity contribution in [1.29, 1.82) is 0 Å². The van der Waals surface area contributed by atoms with E-state index in [1.165, 1.54) is 340 Å². The van der Waals surface area contributed by atoms with Crippen LogP contribution in [0.25, 0.3) is 0 Å². The van der Waals surface area contributed by atoms with Gasteiger partial charge in [-0.1, -0.05) is 385 Å². The molecule has 0 aliphatic carbocycles. The lowest BCUT2D eigenvalue weighted by atomic mass is 10.0. The van der Waals surface area contributed by atoms with Crippen LogP contribution in [-0.2, 0) is 14.3 Å². The molecule has 3 N–H and O–H groups in total. The summed E-state index contributed by atoms with van der Waals surface area (Å²) in [6, 6.07) is -0.535. The molecule has 0 fully saturated rings. The number of unbranched alkanes of at least 4 members (excludes halogenated alkanes) is 56. The molecule has 0 bridgehead atoms. The summed E-state index contributed by atoms with van der Waals surface area (Å²) in [4.78, 5) is 24.5. The molecule has 0 aromatic heterocycles. The van der Waals surface area contributed by atoms with Gasteiger partial charge in [-0.3, -0.25) is 9.59 Å². The summed E-state index contributed by atoms with van der Waals surface area (Å²) < 4.78 is 5.48. The number of esters is 1. The van der Waals surface area contributed by atoms with Gasteiger partial charge in [-0.15, -0.1) is 0 Å². The van der Waals surface area contributed by atoms with Crippen LogP contribution in [0, 0.1) is 0 Å². The number of nitrogens with one attached hydrogen (secondary N) is 1. The Kier molecular flexibility index (Phi) is 70.4. The van der Waals surface area contributed by atoms with Crippen LogP contribution in [0.15, 0.2) is 24.3 Å². The molecule has 0 aliphatic heterocycles. The lowest BCUT2D eigenvalue weighted by molar-refractivity contribution is -0.143. The summed E-state index contributed by atoms with van der Waals surface area (Å²) in [5.41, 5.74) is 0. The number of rotatable bonds is 71. The van der Waals surface area contributed by atoms with Crippen molar-refractivity contribution in [2.75, 3.05) is 13.2 Å². The Morgan fingerprint density at radius 2 is 0.634 bits per heavy atom. The smallest absolute Gasteiger partial charge is 0.305 e. The summed E-state index contributed by atoms with van der Waals surface area (Å²) in [5, 5.41) is 23.3. The summed E-state index contributed by atoms with van der Waals surface area (Å²) >= 11 is 0. The van der Waals surface area contributed by atoms with Crippen LogP contribution in [0.2, 0.25) is 0 Å². The van der Waals surface area contributed by atoms with Crippen LogP contribution >= 0.6 is 0 Å². The Hall–Kier alpha value is -1.66. The van der Waals surface area contributed by atoms with Crippen molar-refractivity contribution in [3.8, 4) is 0 Å². The summed E-state index contributed by atoms with van der Waals surface area (Å²) in [7, 11) is 0. The summed E-state index contributed by atoms with van der Waals surface area (Å²) in [6.07, 6.45) is 91.3. The molecule has 0 aromatic carbocycles. The van der Waals surface area contributed by atoms with E-state index in [1.54, 1.807) is 0 Å². The number of carbonyl (C=O) groups is 2. The molecule has 0 aliphatic rings. The standard InChI is InChI=1S/C76H147NO5/c1-3-5-7-9-11-13-15-44-48-52-56-60-64-68-74(79)73(72-78)77-75(80)69-65-61-57-53-49-46-42-40-38-36-34-32-30-28-26-24-22-20-18-17-19-21-23-25-27-29-31-33-35-37-39-41-43-47-51-55-59-63-67-71-82-76(81)70-66-62-58-54-50-45-16-14-12-10-8-6-4-2/h8,10,14,16,73-74,78-79H,3-7,9,11-13,15,17-72H2,1-2H3,(H,77,80)/b10-8-,16-14-. The van der Waals surface area contributed by atoms with Gasteiger partial charge in [-0.2, -0.15) is 0 Å². The molecule has 486 valence electrons. The maximum atomic E-state index is 12.5. The maximum Gasteiger partial charge on any atom is 0.305 e. The van der Waals surface area contributed by atoms with E-state index in [2.05, 4.69) is 43.5 Å². The zero-order valence-corrected chi connectivity index (χ0v) is 55.8. The van der Waals surface area contributed by atoms with Gasteiger partial charge in [-0.05, 0) is 51.4 Å². The maximum absolute atomic E-state index is 12.5. The van der Waals surface area contributed by atoms with E-state index >= 15 is 0 Å². The van der Waals surface area contributed by atoms with Crippen LogP contribution in [0.3, 0.4) is 0 Å². The number of amides is 1. The van der Waals surface area contributed by atoms with Crippen molar-refractivity contribution >= 4 is 11.9 Å². The zero-order chi connectivity index (χ0) is 59.2. The van der Waals surface area contributed by atoms with Gasteiger partial charge in [0, 0.05) is 12.8 Å². The molecular weight excluding hydrogens is 1010 g/mol.